The molecule has 0 spiro atoms. The fraction of sp³-hybridized carbons (Fsp3) is 0.167. The average Bonchev–Trinajstić information content (AvgIpc) is 3.44. The molecule has 1 fully saturated rings. The molecule has 1 N–H and O–H groups in total. The van der Waals surface area contributed by atoms with Crippen LogP contribution < -0.4 is 15.1 Å². The number of rotatable bonds is 6. The largest absolute Gasteiger partial charge is 0.497 e. The number of hydrogen-bond acceptors (Lipinski definition) is 6. The Kier molecular flexibility index (Phi) is 6.50. The summed E-state index contributed by atoms with van der Waals surface area (Å²) < 4.78 is 5.13. The number of carbonyl (C=O) groups is 4. The smallest absolute Gasteiger partial charge is 0.273 e. The highest BCUT2D eigenvalue weighted by atomic mass is 32.1. The van der Waals surface area contributed by atoms with E-state index >= 15 is 0 Å². The van der Waals surface area contributed by atoms with Crippen LogP contribution in [-0.2, 0) is 20.8 Å². The molecular weight excluding hydrogens is 442 g/mol. The van der Waals surface area contributed by atoms with Crippen molar-refractivity contribution in [2.75, 3.05) is 12.0 Å². The molecule has 9 heteroatoms. The molecule has 0 radical (unpaired) electrons. The van der Waals surface area contributed by atoms with Gasteiger partial charge in [-0.2, -0.15) is 0 Å². The van der Waals surface area contributed by atoms with Gasteiger partial charge in [-0.1, -0.05) is 24.3 Å². The maximum Gasteiger partial charge on any atom is 0.273 e. The van der Waals surface area contributed by atoms with Crippen LogP contribution in [0.15, 0.2) is 72.1 Å². The summed E-state index contributed by atoms with van der Waals surface area (Å²) in [6.07, 6.45) is -0.198. The Morgan fingerprint density at radius 1 is 1.06 bits per heavy atom. The van der Waals surface area contributed by atoms with Crippen molar-refractivity contribution in [3.8, 4) is 5.75 Å². The van der Waals surface area contributed by atoms with Crippen LogP contribution in [0.25, 0.3) is 0 Å². The minimum absolute atomic E-state index is 0.0430. The molecule has 168 valence electrons. The molecule has 0 aliphatic carbocycles. The molecule has 4 amide bonds. The highest BCUT2D eigenvalue weighted by Gasteiger charge is 2.45. The second-order valence-electron chi connectivity index (χ2n) is 7.32. The van der Waals surface area contributed by atoms with Gasteiger partial charge in [-0.15, -0.1) is 11.3 Å². The molecule has 1 saturated heterocycles. The molecule has 2 aromatic carbocycles. The number of thiophene rings is 1. The van der Waals surface area contributed by atoms with Crippen molar-refractivity contribution in [3.05, 3.63) is 82.6 Å². The Morgan fingerprint density at radius 2 is 1.79 bits per heavy atom. The summed E-state index contributed by atoms with van der Waals surface area (Å²) in [5.74, 6) is -1.53. The van der Waals surface area contributed by atoms with Crippen molar-refractivity contribution in [2.24, 2.45) is 0 Å². The number of amides is 4. The second-order valence-corrected chi connectivity index (χ2v) is 8.35. The predicted molar refractivity (Wildman–Crippen MR) is 123 cm³/mol. The molecule has 1 aliphatic rings. The molecule has 2 heterocycles. The number of hydrazine groups is 1. The fourth-order valence-corrected chi connectivity index (χ4v) is 4.26. The lowest BCUT2D eigenvalue weighted by molar-refractivity contribution is -0.128. The van der Waals surface area contributed by atoms with Crippen LogP contribution >= 0.6 is 11.3 Å². The Morgan fingerprint density at radius 3 is 2.42 bits per heavy atom. The summed E-state index contributed by atoms with van der Waals surface area (Å²) in [5.41, 5.74) is 3.22. The maximum absolute atomic E-state index is 13.4. The van der Waals surface area contributed by atoms with Crippen LogP contribution in [-0.4, -0.2) is 41.8 Å². The summed E-state index contributed by atoms with van der Waals surface area (Å²) in [7, 11) is 1.51. The Labute approximate surface area is 194 Å². The average molecular weight is 464 g/mol. The van der Waals surface area contributed by atoms with Gasteiger partial charge >= 0.3 is 0 Å². The molecular formula is C24H21N3O5S. The Bertz CT molecular complexity index is 1160. The van der Waals surface area contributed by atoms with Gasteiger partial charge in [0.2, 0.25) is 11.8 Å². The minimum Gasteiger partial charge on any atom is -0.497 e. The van der Waals surface area contributed by atoms with Crippen LogP contribution in [0.5, 0.6) is 5.75 Å². The minimum atomic E-state index is -1.17. The number of hydrogen-bond donors (Lipinski definition) is 1. The normalized spacial score (nSPS) is 15.4. The highest BCUT2D eigenvalue weighted by molar-refractivity contribution is 7.10. The van der Waals surface area contributed by atoms with Gasteiger partial charge in [0.05, 0.1) is 25.6 Å². The number of ether oxygens (including phenoxy) is 1. The standard InChI is InChI=1S/C24H21N3O5S/c1-32-18-11-9-16(10-12-18)23(30)27(25-21(28)14-19-8-5-13-33-19)20-15-22(29)26(24(20)31)17-6-3-2-4-7-17/h2-13,20H,14-15H2,1H3,(H,25,28). The molecule has 4 rings (SSSR count). The first-order chi connectivity index (χ1) is 16.0. The molecule has 1 atom stereocenters. The zero-order valence-electron chi connectivity index (χ0n) is 17.8. The molecule has 1 aliphatic heterocycles. The van der Waals surface area contributed by atoms with Crippen LogP contribution in [0.3, 0.4) is 0 Å². The van der Waals surface area contributed by atoms with Crippen molar-refractivity contribution in [3.63, 3.8) is 0 Å². The van der Waals surface area contributed by atoms with Crippen molar-refractivity contribution >= 4 is 40.7 Å². The molecule has 3 aromatic rings. The van der Waals surface area contributed by atoms with E-state index in [2.05, 4.69) is 5.43 Å². The summed E-state index contributed by atoms with van der Waals surface area (Å²) in [6, 6.07) is 17.2. The van der Waals surface area contributed by atoms with E-state index in [-0.39, 0.29) is 18.4 Å². The van der Waals surface area contributed by atoms with E-state index in [4.69, 9.17) is 4.74 Å². The topological polar surface area (TPSA) is 96.0 Å². The lowest BCUT2D eigenvalue weighted by atomic mass is 10.1. The Hall–Kier alpha value is -3.98. The van der Waals surface area contributed by atoms with E-state index < -0.39 is 29.7 Å². The monoisotopic (exact) mass is 463 g/mol. The van der Waals surface area contributed by atoms with Gasteiger partial charge in [-0.25, -0.2) is 9.91 Å². The molecule has 0 saturated carbocycles. The summed E-state index contributed by atoms with van der Waals surface area (Å²) >= 11 is 1.41. The van der Waals surface area contributed by atoms with Gasteiger partial charge in [-0.3, -0.25) is 24.6 Å². The molecule has 1 aromatic heterocycles. The third-order valence-electron chi connectivity index (χ3n) is 5.16. The van der Waals surface area contributed by atoms with Crippen molar-refractivity contribution in [1.82, 2.24) is 10.4 Å². The number of nitrogens with zero attached hydrogens (tertiary/aromatic N) is 2. The van der Waals surface area contributed by atoms with E-state index in [0.29, 0.717) is 11.4 Å². The third kappa shape index (κ3) is 4.78. The first-order valence-corrected chi connectivity index (χ1v) is 11.1. The third-order valence-corrected chi connectivity index (χ3v) is 6.04. The quantitative estimate of drug-likeness (QED) is 0.448. The number of para-hydroxylation sites is 1. The van der Waals surface area contributed by atoms with E-state index in [9.17, 15) is 19.2 Å². The SMILES string of the molecule is COc1ccc(C(=O)N(NC(=O)Cc2cccs2)C2CC(=O)N(c3ccccc3)C2=O)cc1. The number of methoxy groups -OCH3 is 1. The number of nitrogens with one attached hydrogen (secondary N) is 1. The van der Waals surface area contributed by atoms with Crippen LogP contribution in [0.1, 0.15) is 21.7 Å². The molecule has 33 heavy (non-hydrogen) atoms. The van der Waals surface area contributed by atoms with E-state index in [1.165, 1.54) is 30.6 Å². The van der Waals surface area contributed by atoms with Crippen molar-refractivity contribution < 1.29 is 23.9 Å². The molecule has 0 bridgehead atoms. The summed E-state index contributed by atoms with van der Waals surface area (Å²) in [5, 5.41) is 2.82. The van der Waals surface area contributed by atoms with Crippen molar-refractivity contribution in [2.45, 2.75) is 18.9 Å². The van der Waals surface area contributed by atoms with Crippen LogP contribution in [0, 0.1) is 0 Å². The lowest BCUT2D eigenvalue weighted by Gasteiger charge is -2.28. The highest BCUT2D eigenvalue weighted by Crippen LogP contribution is 2.26. The Balaban J connectivity index is 1.62. The first-order valence-electron chi connectivity index (χ1n) is 10.2. The fourth-order valence-electron chi connectivity index (χ4n) is 3.55. The van der Waals surface area contributed by atoms with E-state index in [1.807, 2.05) is 11.4 Å². The van der Waals surface area contributed by atoms with E-state index in [0.717, 1.165) is 14.8 Å². The zero-order valence-corrected chi connectivity index (χ0v) is 18.6. The number of imide groups is 1. The molecule has 8 nitrogen and oxygen atoms in total. The number of benzene rings is 2. The van der Waals surface area contributed by atoms with E-state index in [1.54, 1.807) is 48.5 Å². The predicted octanol–water partition coefficient (Wildman–Crippen LogP) is 2.80. The van der Waals surface area contributed by atoms with Gasteiger partial charge in [-0.05, 0) is 47.8 Å². The summed E-state index contributed by atoms with van der Waals surface area (Å²) in [4.78, 5) is 53.9. The maximum atomic E-state index is 13.4. The van der Waals surface area contributed by atoms with Gasteiger partial charge < -0.3 is 4.74 Å². The lowest BCUT2D eigenvalue weighted by Crippen LogP contribution is -2.55. The van der Waals surface area contributed by atoms with Crippen LogP contribution in [0.4, 0.5) is 5.69 Å². The first kappa shape index (κ1) is 22.2. The zero-order chi connectivity index (χ0) is 23.4. The summed E-state index contributed by atoms with van der Waals surface area (Å²) in [6.45, 7) is 0. The van der Waals surface area contributed by atoms with Gasteiger partial charge in [0.1, 0.15) is 11.8 Å². The second kappa shape index (κ2) is 9.66. The van der Waals surface area contributed by atoms with Crippen molar-refractivity contribution in [1.29, 1.82) is 0 Å². The number of anilines is 1. The van der Waals surface area contributed by atoms with Gasteiger partial charge in [0.15, 0.2) is 0 Å². The van der Waals surface area contributed by atoms with Crippen LogP contribution in [0.2, 0.25) is 0 Å². The number of carbonyl (C=O) groups excluding carboxylic acids is 4. The van der Waals surface area contributed by atoms with Gasteiger partial charge in [0.25, 0.3) is 11.8 Å². The van der Waals surface area contributed by atoms with Gasteiger partial charge in [0, 0.05) is 10.4 Å². The molecule has 1 unspecified atom stereocenters.